The fraction of sp³-hybridized carbons (Fsp3) is 0.600. The predicted molar refractivity (Wildman–Crippen MR) is 79.0 cm³/mol. The zero-order valence-corrected chi connectivity index (χ0v) is 12.1. The van der Waals surface area contributed by atoms with Crippen LogP contribution in [0.1, 0.15) is 36.0 Å². The van der Waals surface area contributed by atoms with Gasteiger partial charge in [-0.2, -0.15) is 0 Å². The molecule has 1 aromatic rings. The van der Waals surface area contributed by atoms with Crippen molar-refractivity contribution in [1.82, 2.24) is 9.88 Å². The van der Waals surface area contributed by atoms with Gasteiger partial charge in [-0.3, -0.25) is 4.79 Å². The molecule has 1 aliphatic heterocycles. The number of hydrogen-bond acceptors (Lipinski definition) is 4. The first-order valence-electron chi connectivity index (χ1n) is 7.30. The number of carbonyl (C=O) groups is 1. The highest BCUT2D eigenvalue weighted by Gasteiger charge is 2.20. The highest BCUT2D eigenvalue weighted by molar-refractivity contribution is 5.98. The first kappa shape index (κ1) is 14.8. The number of aliphatic hydroxyl groups excluding tert-OH is 1. The molecule has 1 saturated heterocycles. The number of likely N-dealkylation sites (N-methyl/N-ethyl adjacent to an activating group) is 1. The van der Waals surface area contributed by atoms with E-state index in [-0.39, 0.29) is 12.5 Å². The number of nitrogens with zero attached hydrogens (tertiary/aromatic N) is 3. The summed E-state index contributed by atoms with van der Waals surface area (Å²) in [5, 5.41) is 8.97. The molecule has 1 fully saturated rings. The van der Waals surface area contributed by atoms with Gasteiger partial charge in [0.1, 0.15) is 5.82 Å². The van der Waals surface area contributed by atoms with Crippen LogP contribution in [0.2, 0.25) is 0 Å². The summed E-state index contributed by atoms with van der Waals surface area (Å²) < 4.78 is 0. The van der Waals surface area contributed by atoms with Gasteiger partial charge in [0.2, 0.25) is 0 Å². The number of aromatic nitrogens is 1. The van der Waals surface area contributed by atoms with Crippen LogP contribution in [0.25, 0.3) is 0 Å². The van der Waals surface area contributed by atoms with E-state index in [1.54, 1.807) is 24.2 Å². The van der Waals surface area contributed by atoms with Gasteiger partial charge in [0, 0.05) is 32.9 Å². The second-order valence-electron chi connectivity index (χ2n) is 5.23. The van der Waals surface area contributed by atoms with Gasteiger partial charge in [-0.25, -0.2) is 4.98 Å². The van der Waals surface area contributed by atoms with Crippen molar-refractivity contribution in [3.05, 3.63) is 23.9 Å². The number of carbonyl (C=O) groups excluding carboxylic acids is 1. The zero-order valence-electron chi connectivity index (χ0n) is 12.1. The molecule has 0 saturated carbocycles. The van der Waals surface area contributed by atoms with E-state index in [2.05, 4.69) is 9.88 Å². The molecule has 20 heavy (non-hydrogen) atoms. The second-order valence-corrected chi connectivity index (χ2v) is 5.23. The Morgan fingerprint density at radius 1 is 1.35 bits per heavy atom. The van der Waals surface area contributed by atoms with Gasteiger partial charge in [-0.1, -0.05) is 12.8 Å². The third-order valence-corrected chi connectivity index (χ3v) is 3.70. The Bertz CT molecular complexity index is 442. The minimum atomic E-state index is -0.0774. The van der Waals surface area contributed by atoms with Crippen molar-refractivity contribution < 1.29 is 9.90 Å². The standard InChI is InChI=1S/C15H23N3O2/c1-17(11-12-19)15(20)13-7-6-8-16-14(13)18-9-4-2-3-5-10-18/h6-8,19H,2-5,9-12H2,1H3. The Balaban J connectivity index is 2.22. The molecule has 0 unspecified atom stereocenters. The lowest BCUT2D eigenvalue weighted by Gasteiger charge is -2.25. The molecule has 0 aliphatic carbocycles. The van der Waals surface area contributed by atoms with Gasteiger partial charge in [0.05, 0.1) is 12.2 Å². The number of rotatable bonds is 4. The fourth-order valence-electron chi connectivity index (χ4n) is 2.56. The van der Waals surface area contributed by atoms with Crippen LogP contribution in [-0.4, -0.2) is 54.2 Å². The van der Waals surface area contributed by atoms with Gasteiger partial charge in [0.25, 0.3) is 5.91 Å². The maximum atomic E-state index is 12.4. The number of pyridine rings is 1. The average molecular weight is 277 g/mol. The highest BCUT2D eigenvalue weighted by Crippen LogP contribution is 2.22. The van der Waals surface area contributed by atoms with E-state index in [1.807, 2.05) is 6.07 Å². The molecule has 0 atom stereocenters. The Morgan fingerprint density at radius 2 is 2.05 bits per heavy atom. The van der Waals surface area contributed by atoms with E-state index in [9.17, 15) is 4.79 Å². The third kappa shape index (κ3) is 3.48. The van der Waals surface area contributed by atoms with Gasteiger partial charge in [-0.05, 0) is 25.0 Å². The molecule has 2 heterocycles. The first-order chi connectivity index (χ1) is 9.74. The van der Waals surface area contributed by atoms with Gasteiger partial charge >= 0.3 is 0 Å². The highest BCUT2D eigenvalue weighted by atomic mass is 16.3. The molecule has 0 aromatic carbocycles. The molecule has 1 aliphatic rings. The van der Waals surface area contributed by atoms with Crippen LogP contribution < -0.4 is 4.90 Å². The van der Waals surface area contributed by atoms with E-state index >= 15 is 0 Å². The fourth-order valence-corrected chi connectivity index (χ4v) is 2.56. The van der Waals surface area contributed by atoms with Crippen molar-refractivity contribution in [2.45, 2.75) is 25.7 Å². The largest absolute Gasteiger partial charge is 0.395 e. The van der Waals surface area contributed by atoms with Crippen LogP contribution in [0.4, 0.5) is 5.82 Å². The minimum absolute atomic E-state index is 0.0262. The lowest BCUT2D eigenvalue weighted by atomic mass is 10.2. The molecule has 1 N–H and O–H groups in total. The number of anilines is 1. The Kier molecular flexibility index (Phi) is 5.35. The van der Waals surface area contributed by atoms with Crippen LogP contribution >= 0.6 is 0 Å². The van der Waals surface area contributed by atoms with Crippen molar-refractivity contribution >= 4 is 11.7 Å². The molecule has 0 bridgehead atoms. The van der Waals surface area contributed by atoms with Crippen LogP contribution in [0.3, 0.4) is 0 Å². The number of amides is 1. The topological polar surface area (TPSA) is 56.7 Å². The van der Waals surface area contributed by atoms with E-state index in [0.717, 1.165) is 31.7 Å². The monoisotopic (exact) mass is 277 g/mol. The summed E-state index contributed by atoms with van der Waals surface area (Å²) in [7, 11) is 1.71. The summed E-state index contributed by atoms with van der Waals surface area (Å²) in [4.78, 5) is 20.6. The molecule has 0 radical (unpaired) electrons. The molecular weight excluding hydrogens is 254 g/mol. The van der Waals surface area contributed by atoms with Crippen molar-refractivity contribution in [3.63, 3.8) is 0 Å². The van der Waals surface area contributed by atoms with E-state index in [4.69, 9.17) is 5.11 Å². The third-order valence-electron chi connectivity index (χ3n) is 3.70. The van der Waals surface area contributed by atoms with Crippen molar-refractivity contribution in [2.75, 3.05) is 38.2 Å². The predicted octanol–water partition coefficient (Wildman–Crippen LogP) is 1.53. The molecule has 5 heteroatoms. The summed E-state index contributed by atoms with van der Waals surface area (Å²) >= 11 is 0. The molecule has 1 amide bonds. The summed E-state index contributed by atoms with van der Waals surface area (Å²) in [6, 6.07) is 3.62. The summed E-state index contributed by atoms with van der Waals surface area (Å²) in [5.74, 6) is 0.704. The van der Waals surface area contributed by atoms with E-state index < -0.39 is 0 Å². The van der Waals surface area contributed by atoms with Crippen molar-refractivity contribution in [3.8, 4) is 0 Å². The van der Waals surface area contributed by atoms with Crippen LogP contribution in [0.5, 0.6) is 0 Å². The first-order valence-corrected chi connectivity index (χ1v) is 7.30. The zero-order chi connectivity index (χ0) is 14.4. The normalized spacial score (nSPS) is 15.8. The van der Waals surface area contributed by atoms with E-state index in [1.165, 1.54) is 12.8 Å². The van der Waals surface area contributed by atoms with Crippen LogP contribution in [0.15, 0.2) is 18.3 Å². The Morgan fingerprint density at radius 3 is 2.70 bits per heavy atom. The molecular formula is C15H23N3O2. The SMILES string of the molecule is CN(CCO)C(=O)c1cccnc1N1CCCCCC1. The molecule has 2 rings (SSSR count). The smallest absolute Gasteiger partial charge is 0.257 e. The maximum Gasteiger partial charge on any atom is 0.257 e. The maximum absolute atomic E-state index is 12.4. The summed E-state index contributed by atoms with van der Waals surface area (Å²) in [6.45, 7) is 2.23. The van der Waals surface area contributed by atoms with Crippen molar-refractivity contribution in [1.29, 1.82) is 0 Å². The Hall–Kier alpha value is -1.62. The number of aliphatic hydroxyl groups is 1. The van der Waals surface area contributed by atoms with Gasteiger partial charge < -0.3 is 14.9 Å². The Labute approximate surface area is 120 Å². The minimum Gasteiger partial charge on any atom is -0.395 e. The van der Waals surface area contributed by atoms with Crippen molar-refractivity contribution in [2.24, 2.45) is 0 Å². The average Bonchev–Trinajstić information content (AvgIpc) is 2.76. The molecule has 0 spiro atoms. The second kappa shape index (κ2) is 7.24. The molecule has 110 valence electrons. The van der Waals surface area contributed by atoms with E-state index in [0.29, 0.717) is 12.1 Å². The van der Waals surface area contributed by atoms with Crippen LogP contribution in [-0.2, 0) is 0 Å². The lowest BCUT2D eigenvalue weighted by Crippen LogP contribution is -2.33. The molecule has 1 aromatic heterocycles. The van der Waals surface area contributed by atoms with Crippen LogP contribution in [0, 0.1) is 0 Å². The van der Waals surface area contributed by atoms with Gasteiger partial charge in [0.15, 0.2) is 0 Å². The quantitative estimate of drug-likeness (QED) is 0.906. The number of hydrogen-bond donors (Lipinski definition) is 1. The summed E-state index contributed by atoms with van der Waals surface area (Å²) in [5.41, 5.74) is 0.630. The lowest BCUT2D eigenvalue weighted by molar-refractivity contribution is 0.0767. The van der Waals surface area contributed by atoms with Gasteiger partial charge in [-0.15, -0.1) is 0 Å². The summed E-state index contributed by atoms with van der Waals surface area (Å²) in [6.07, 6.45) is 6.53. The molecule has 5 nitrogen and oxygen atoms in total.